The molecule has 1 aliphatic heterocycles. The third-order valence-electron chi connectivity index (χ3n) is 4.55. The molecule has 0 radical (unpaired) electrons. The first kappa shape index (κ1) is 18.8. The van der Waals surface area contributed by atoms with Gasteiger partial charge in [-0.2, -0.15) is 5.10 Å². The molecule has 140 valence electrons. The van der Waals surface area contributed by atoms with Gasteiger partial charge in [0.2, 0.25) is 5.91 Å². The number of para-hydroxylation sites is 1. The molecule has 0 bridgehead atoms. The SMILES string of the molecule is CC(C)(C)n1ncc2c1CCN(C(=O)CCCOc1ccccc1Cl)C2. The van der Waals surface area contributed by atoms with Gasteiger partial charge in [-0.3, -0.25) is 9.48 Å². The highest BCUT2D eigenvalue weighted by Gasteiger charge is 2.27. The van der Waals surface area contributed by atoms with E-state index in [0.717, 1.165) is 18.5 Å². The summed E-state index contributed by atoms with van der Waals surface area (Å²) in [5.74, 6) is 0.834. The van der Waals surface area contributed by atoms with Gasteiger partial charge < -0.3 is 9.64 Å². The minimum absolute atomic E-state index is 0.0319. The number of hydrogen-bond acceptors (Lipinski definition) is 3. The van der Waals surface area contributed by atoms with Gasteiger partial charge in [0.25, 0.3) is 0 Å². The monoisotopic (exact) mass is 375 g/mol. The van der Waals surface area contributed by atoms with Crippen molar-refractivity contribution in [3.63, 3.8) is 0 Å². The zero-order chi connectivity index (χ0) is 18.7. The third kappa shape index (κ3) is 4.21. The number of nitrogens with zero attached hydrogens (tertiary/aromatic N) is 3. The van der Waals surface area contributed by atoms with Crippen LogP contribution in [0.3, 0.4) is 0 Å². The van der Waals surface area contributed by atoms with E-state index in [4.69, 9.17) is 16.3 Å². The number of benzene rings is 1. The van der Waals surface area contributed by atoms with Crippen LogP contribution >= 0.6 is 11.6 Å². The molecule has 6 heteroatoms. The maximum atomic E-state index is 12.5. The smallest absolute Gasteiger partial charge is 0.223 e. The van der Waals surface area contributed by atoms with Gasteiger partial charge in [-0.25, -0.2) is 0 Å². The molecule has 2 heterocycles. The van der Waals surface area contributed by atoms with Crippen molar-refractivity contribution in [2.24, 2.45) is 0 Å². The van der Waals surface area contributed by atoms with Crippen LogP contribution in [0.2, 0.25) is 5.02 Å². The van der Waals surface area contributed by atoms with Gasteiger partial charge in [-0.05, 0) is 39.3 Å². The normalized spacial score (nSPS) is 14.2. The number of aromatic nitrogens is 2. The number of carbonyl (C=O) groups excluding carboxylic acids is 1. The van der Waals surface area contributed by atoms with E-state index in [-0.39, 0.29) is 11.4 Å². The summed E-state index contributed by atoms with van der Waals surface area (Å²) in [6, 6.07) is 7.38. The fourth-order valence-corrected chi connectivity index (χ4v) is 3.44. The number of amides is 1. The average Bonchev–Trinajstić information content (AvgIpc) is 3.03. The molecular weight excluding hydrogens is 350 g/mol. The van der Waals surface area contributed by atoms with Crippen molar-refractivity contribution in [2.75, 3.05) is 13.2 Å². The van der Waals surface area contributed by atoms with Crippen molar-refractivity contribution < 1.29 is 9.53 Å². The van der Waals surface area contributed by atoms with Crippen LogP contribution in [-0.4, -0.2) is 33.7 Å². The minimum Gasteiger partial charge on any atom is -0.492 e. The molecule has 1 amide bonds. The molecule has 0 unspecified atom stereocenters. The van der Waals surface area contributed by atoms with Crippen LogP contribution in [0.25, 0.3) is 0 Å². The zero-order valence-corrected chi connectivity index (χ0v) is 16.4. The van der Waals surface area contributed by atoms with Gasteiger partial charge in [0.05, 0.1) is 23.4 Å². The van der Waals surface area contributed by atoms with E-state index in [1.165, 1.54) is 5.69 Å². The van der Waals surface area contributed by atoms with Gasteiger partial charge in [-0.1, -0.05) is 23.7 Å². The van der Waals surface area contributed by atoms with E-state index >= 15 is 0 Å². The molecule has 0 spiro atoms. The van der Waals surface area contributed by atoms with Crippen LogP contribution in [0.5, 0.6) is 5.75 Å². The van der Waals surface area contributed by atoms with E-state index in [1.54, 1.807) is 6.07 Å². The quantitative estimate of drug-likeness (QED) is 0.741. The van der Waals surface area contributed by atoms with Crippen LogP contribution in [0, 0.1) is 0 Å². The molecule has 0 saturated heterocycles. The summed E-state index contributed by atoms with van der Waals surface area (Å²) in [6.07, 6.45) is 3.91. The number of carbonyl (C=O) groups is 1. The highest BCUT2D eigenvalue weighted by molar-refractivity contribution is 6.32. The van der Waals surface area contributed by atoms with E-state index in [2.05, 4.69) is 30.6 Å². The van der Waals surface area contributed by atoms with Crippen LogP contribution in [-0.2, 0) is 23.3 Å². The Kier molecular flexibility index (Phi) is 5.56. The molecule has 0 atom stereocenters. The number of fused-ring (bicyclic) bond motifs is 1. The lowest BCUT2D eigenvalue weighted by molar-refractivity contribution is -0.132. The summed E-state index contributed by atoms with van der Waals surface area (Å²) < 4.78 is 7.74. The second kappa shape index (κ2) is 7.70. The Bertz CT molecular complexity index is 780. The molecule has 0 aliphatic carbocycles. The van der Waals surface area contributed by atoms with Crippen molar-refractivity contribution in [1.29, 1.82) is 0 Å². The first-order valence-electron chi connectivity index (χ1n) is 9.07. The molecule has 1 aromatic heterocycles. The van der Waals surface area contributed by atoms with Crippen LogP contribution in [0.15, 0.2) is 30.5 Å². The lowest BCUT2D eigenvalue weighted by Gasteiger charge is -2.30. The molecule has 2 aromatic rings. The Morgan fingerprint density at radius 3 is 2.81 bits per heavy atom. The lowest BCUT2D eigenvalue weighted by atomic mass is 10.0. The van der Waals surface area contributed by atoms with Crippen LogP contribution < -0.4 is 4.74 Å². The van der Waals surface area contributed by atoms with Crippen molar-refractivity contribution >= 4 is 17.5 Å². The lowest BCUT2D eigenvalue weighted by Crippen LogP contribution is -2.37. The van der Waals surface area contributed by atoms with Gasteiger partial charge in [0, 0.05) is 37.2 Å². The van der Waals surface area contributed by atoms with Gasteiger partial charge in [-0.15, -0.1) is 0 Å². The van der Waals surface area contributed by atoms with Crippen molar-refractivity contribution in [3.8, 4) is 5.75 Å². The maximum Gasteiger partial charge on any atom is 0.223 e. The molecule has 3 rings (SSSR count). The maximum absolute atomic E-state index is 12.5. The van der Waals surface area contributed by atoms with Crippen molar-refractivity contribution in [2.45, 2.75) is 52.1 Å². The second-order valence-corrected chi connectivity index (χ2v) is 8.05. The second-order valence-electron chi connectivity index (χ2n) is 7.65. The molecule has 1 aliphatic rings. The van der Waals surface area contributed by atoms with E-state index in [0.29, 0.717) is 36.8 Å². The van der Waals surface area contributed by atoms with Crippen LogP contribution in [0.1, 0.15) is 44.9 Å². The fourth-order valence-electron chi connectivity index (χ4n) is 3.25. The third-order valence-corrected chi connectivity index (χ3v) is 4.86. The summed E-state index contributed by atoms with van der Waals surface area (Å²) >= 11 is 6.06. The summed E-state index contributed by atoms with van der Waals surface area (Å²) in [5, 5.41) is 5.12. The molecule has 26 heavy (non-hydrogen) atoms. The number of halogens is 1. The Balaban J connectivity index is 1.49. The zero-order valence-electron chi connectivity index (χ0n) is 15.7. The molecule has 0 N–H and O–H groups in total. The predicted molar refractivity (Wildman–Crippen MR) is 103 cm³/mol. The predicted octanol–water partition coefficient (Wildman–Crippen LogP) is 4.04. The average molecular weight is 376 g/mol. The van der Waals surface area contributed by atoms with E-state index in [1.807, 2.05) is 29.3 Å². The van der Waals surface area contributed by atoms with Crippen molar-refractivity contribution in [1.82, 2.24) is 14.7 Å². The molecule has 0 fully saturated rings. The summed E-state index contributed by atoms with van der Waals surface area (Å²) in [5.41, 5.74) is 2.38. The first-order valence-corrected chi connectivity index (χ1v) is 9.45. The van der Waals surface area contributed by atoms with Gasteiger partial charge in [0.15, 0.2) is 0 Å². The minimum atomic E-state index is -0.0319. The Morgan fingerprint density at radius 2 is 2.08 bits per heavy atom. The Morgan fingerprint density at radius 1 is 1.31 bits per heavy atom. The van der Waals surface area contributed by atoms with Gasteiger partial charge >= 0.3 is 0 Å². The Labute approximate surface area is 159 Å². The highest BCUT2D eigenvalue weighted by atomic mass is 35.5. The van der Waals surface area contributed by atoms with E-state index in [9.17, 15) is 4.79 Å². The van der Waals surface area contributed by atoms with Gasteiger partial charge in [0.1, 0.15) is 5.75 Å². The Hall–Kier alpha value is -2.01. The number of rotatable bonds is 5. The summed E-state index contributed by atoms with van der Waals surface area (Å²) in [7, 11) is 0. The van der Waals surface area contributed by atoms with E-state index < -0.39 is 0 Å². The summed E-state index contributed by atoms with van der Waals surface area (Å²) in [6.45, 7) is 8.33. The van der Waals surface area contributed by atoms with Crippen LogP contribution in [0.4, 0.5) is 0 Å². The fraction of sp³-hybridized carbons (Fsp3) is 0.500. The molecule has 5 nitrogen and oxygen atoms in total. The van der Waals surface area contributed by atoms with Crippen molar-refractivity contribution in [3.05, 3.63) is 46.7 Å². The molecule has 0 saturated carbocycles. The largest absolute Gasteiger partial charge is 0.492 e. The first-order chi connectivity index (χ1) is 12.4. The number of ether oxygens (including phenoxy) is 1. The highest BCUT2D eigenvalue weighted by Crippen LogP contribution is 2.25. The standard InChI is InChI=1S/C20H26ClN3O2/c1-20(2,3)24-17-10-11-23(14-15(17)13-22-24)19(25)9-6-12-26-18-8-5-4-7-16(18)21/h4-5,7-8,13H,6,9-12,14H2,1-3H3. The molecular formula is C20H26ClN3O2. The summed E-state index contributed by atoms with van der Waals surface area (Å²) in [4.78, 5) is 14.4. The molecule has 1 aromatic carbocycles. The topological polar surface area (TPSA) is 47.4 Å². The number of hydrogen-bond donors (Lipinski definition) is 0.